The number of aromatic nitrogens is 2. The van der Waals surface area contributed by atoms with Crippen LogP contribution < -0.4 is 10.2 Å². The van der Waals surface area contributed by atoms with Crippen molar-refractivity contribution in [3.8, 4) is 16.9 Å². The van der Waals surface area contributed by atoms with Crippen LogP contribution in [0.5, 0.6) is 5.75 Å². The van der Waals surface area contributed by atoms with Gasteiger partial charge in [-0.25, -0.2) is 4.68 Å². The molecule has 1 atom stereocenters. The van der Waals surface area contributed by atoms with Crippen LogP contribution in [0.2, 0.25) is 0 Å². The molecular weight excluding hydrogens is 355 g/mol. The van der Waals surface area contributed by atoms with E-state index in [1.165, 1.54) is 6.42 Å². The molecule has 4 rings (SSSR count). The molecular formula is C21H29BN2O4. The fraction of sp³-hybridized carbons (Fsp3) is 0.571. The van der Waals surface area contributed by atoms with Crippen molar-refractivity contribution in [3.63, 3.8) is 0 Å². The van der Waals surface area contributed by atoms with Crippen molar-refractivity contribution in [1.82, 2.24) is 9.78 Å². The zero-order chi connectivity index (χ0) is 19.9. The molecule has 2 aliphatic heterocycles. The van der Waals surface area contributed by atoms with Gasteiger partial charge in [-0.15, -0.1) is 0 Å². The van der Waals surface area contributed by atoms with Crippen molar-refractivity contribution in [2.45, 2.75) is 64.4 Å². The normalized spacial score (nSPS) is 23.8. The fourth-order valence-corrected chi connectivity index (χ4v) is 3.63. The average molecular weight is 384 g/mol. The highest BCUT2D eigenvalue weighted by Crippen LogP contribution is 2.37. The Morgan fingerprint density at radius 1 is 1.11 bits per heavy atom. The van der Waals surface area contributed by atoms with Gasteiger partial charge >= 0.3 is 7.12 Å². The minimum Gasteiger partial charge on any atom is -0.497 e. The molecule has 0 spiro atoms. The molecule has 2 aromatic rings. The summed E-state index contributed by atoms with van der Waals surface area (Å²) in [6.07, 6.45) is 7.26. The Balaban J connectivity index is 1.59. The highest BCUT2D eigenvalue weighted by Gasteiger charge is 2.52. The van der Waals surface area contributed by atoms with Gasteiger partial charge in [-0.3, -0.25) is 0 Å². The Kier molecular flexibility index (Phi) is 5.02. The second kappa shape index (κ2) is 7.21. The standard InChI is InChI=1S/C21H29BN2O4/c1-20(2)21(3,4)28-22(27-20)17-10-9-15(12-18(17)25-5)16-13-23-24(14-16)19-8-6-7-11-26-19/h9-10,12-14,19H,6-8,11H2,1-5H3. The summed E-state index contributed by atoms with van der Waals surface area (Å²) in [6.45, 7) is 9.01. The first-order chi connectivity index (χ1) is 13.3. The maximum absolute atomic E-state index is 6.19. The van der Waals surface area contributed by atoms with Gasteiger partial charge in [-0.2, -0.15) is 5.10 Å². The van der Waals surface area contributed by atoms with E-state index in [1.807, 2.05) is 29.2 Å². The van der Waals surface area contributed by atoms with E-state index in [1.54, 1.807) is 7.11 Å². The van der Waals surface area contributed by atoms with Crippen LogP contribution in [0.3, 0.4) is 0 Å². The second-order valence-electron chi connectivity index (χ2n) is 8.58. The molecule has 0 aliphatic carbocycles. The zero-order valence-corrected chi connectivity index (χ0v) is 17.4. The first-order valence-electron chi connectivity index (χ1n) is 10.0. The van der Waals surface area contributed by atoms with Crippen LogP contribution in [0.15, 0.2) is 30.6 Å². The predicted octanol–water partition coefficient (Wildman–Crippen LogP) is 3.56. The first-order valence-corrected chi connectivity index (χ1v) is 10.0. The third-order valence-electron chi connectivity index (χ3n) is 6.13. The van der Waals surface area contributed by atoms with Crippen molar-refractivity contribution in [2.24, 2.45) is 0 Å². The predicted molar refractivity (Wildman–Crippen MR) is 109 cm³/mol. The fourth-order valence-electron chi connectivity index (χ4n) is 3.63. The molecule has 2 aliphatic rings. The highest BCUT2D eigenvalue weighted by molar-refractivity contribution is 6.63. The van der Waals surface area contributed by atoms with Crippen LogP contribution in [0.1, 0.15) is 53.2 Å². The molecule has 1 aromatic heterocycles. The van der Waals surface area contributed by atoms with E-state index in [2.05, 4.69) is 38.9 Å². The maximum atomic E-state index is 6.19. The van der Waals surface area contributed by atoms with Gasteiger partial charge in [0.1, 0.15) is 12.0 Å². The van der Waals surface area contributed by atoms with Crippen molar-refractivity contribution in [2.75, 3.05) is 13.7 Å². The molecule has 1 unspecified atom stereocenters. The topological polar surface area (TPSA) is 54.7 Å². The Morgan fingerprint density at radius 2 is 1.86 bits per heavy atom. The van der Waals surface area contributed by atoms with Crippen molar-refractivity contribution in [1.29, 1.82) is 0 Å². The van der Waals surface area contributed by atoms with Gasteiger partial charge in [0.2, 0.25) is 0 Å². The van der Waals surface area contributed by atoms with Gasteiger partial charge in [-0.05, 0) is 58.6 Å². The number of benzene rings is 1. The lowest BCUT2D eigenvalue weighted by molar-refractivity contribution is -0.0394. The molecule has 6 nitrogen and oxygen atoms in total. The summed E-state index contributed by atoms with van der Waals surface area (Å²) in [6, 6.07) is 6.10. The molecule has 0 N–H and O–H groups in total. The number of hydrogen-bond donors (Lipinski definition) is 0. The van der Waals surface area contributed by atoms with E-state index < -0.39 is 7.12 Å². The third kappa shape index (κ3) is 3.47. The summed E-state index contributed by atoms with van der Waals surface area (Å²) in [7, 11) is 1.22. The van der Waals surface area contributed by atoms with Crippen molar-refractivity contribution in [3.05, 3.63) is 30.6 Å². The third-order valence-corrected chi connectivity index (χ3v) is 6.13. The minimum atomic E-state index is -0.452. The Morgan fingerprint density at radius 3 is 2.50 bits per heavy atom. The summed E-state index contributed by atoms with van der Waals surface area (Å²) in [5, 5.41) is 4.51. The Hall–Kier alpha value is -1.83. The highest BCUT2D eigenvalue weighted by atomic mass is 16.7. The Labute approximate surface area is 167 Å². The molecule has 7 heteroatoms. The van der Waals surface area contributed by atoms with Crippen LogP contribution in [0, 0.1) is 0 Å². The number of rotatable bonds is 4. The van der Waals surface area contributed by atoms with E-state index in [4.69, 9.17) is 18.8 Å². The maximum Gasteiger partial charge on any atom is 0.498 e. The summed E-state index contributed by atoms with van der Waals surface area (Å²) >= 11 is 0. The van der Waals surface area contributed by atoms with E-state index in [0.29, 0.717) is 0 Å². The van der Waals surface area contributed by atoms with Crippen LogP contribution >= 0.6 is 0 Å². The smallest absolute Gasteiger partial charge is 0.497 e. The molecule has 3 heterocycles. The quantitative estimate of drug-likeness (QED) is 0.755. The lowest BCUT2D eigenvalue weighted by atomic mass is 9.77. The van der Waals surface area contributed by atoms with Gasteiger partial charge in [0, 0.05) is 23.8 Å². The zero-order valence-electron chi connectivity index (χ0n) is 17.4. The Bertz CT molecular complexity index is 827. The van der Waals surface area contributed by atoms with Gasteiger partial charge < -0.3 is 18.8 Å². The van der Waals surface area contributed by atoms with Gasteiger partial charge in [-0.1, -0.05) is 12.1 Å². The first kappa shape index (κ1) is 19.5. The molecule has 0 bridgehead atoms. The van der Waals surface area contributed by atoms with E-state index in [0.717, 1.165) is 41.8 Å². The second-order valence-corrected chi connectivity index (χ2v) is 8.58. The minimum absolute atomic E-state index is 0.0356. The van der Waals surface area contributed by atoms with Gasteiger partial charge in [0.05, 0.1) is 24.5 Å². The molecule has 2 fully saturated rings. The molecule has 0 radical (unpaired) electrons. The number of methoxy groups -OCH3 is 1. The van der Waals surface area contributed by atoms with Crippen LogP contribution in [0.25, 0.3) is 11.1 Å². The van der Waals surface area contributed by atoms with E-state index >= 15 is 0 Å². The monoisotopic (exact) mass is 384 g/mol. The molecule has 1 aromatic carbocycles. The number of ether oxygens (including phenoxy) is 2. The lowest BCUT2D eigenvalue weighted by Gasteiger charge is -2.32. The summed E-state index contributed by atoms with van der Waals surface area (Å²) < 4.78 is 25.8. The molecule has 28 heavy (non-hydrogen) atoms. The summed E-state index contributed by atoms with van der Waals surface area (Å²) in [5.41, 5.74) is 2.20. The van der Waals surface area contributed by atoms with Crippen LogP contribution in [0.4, 0.5) is 0 Å². The van der Waals surface area contributed by atoms with Gasteiger partial charge in [0.25, 0.3) is 0 Å². The molecule has 150 valence electrons. The van der Waals surface area contributed by atoms with Crippen molar-refractivity contribution >= 4 is 12.6 Å². The molecule has 2 saturated heterocycles. The van der Waals surface area contributed by atoms with Crippen LogP contribution in [-0.4, -0.2) is 41.8 Å². The number of hydrogen-bond acceptors (Lipinski definition) is 5. The van der Waals surface area contributed by atoms with E-state index in [-0.39, 0.29) is 17.4 Å². The molecule has 0 amide bonds. The largest absolute Gasteiger partial charge is 0.498 e. The molecule has 0 saturated carbocycles. The number of nitrogens with zero attached hydrogens (tertiary/aromatic N) is 2. The van der Waals surface area contributed by atoms with Crippen molar-refractivity contribution < 1.29 is 18.8 Å². The SMILES string of the molecule is COc1cc(-c2cnn(C3CCCCO3)c2)ccc1B1OC(C)(C)C(C)(C)O1. The summed E-state index contributed by atoms with van der Waals surface area (Å²) in [4.78, 5) is 0. The van der Waals surface area contributed by atoms with E-state index in [9.17, 15) is 0 Å². The lowest BCUT2D eigenvalue weighted by Crippen LogP contribution is -2.41. The summed E-state index contributed by atoms with van der Waals surface area (Å²) in [5.74, 6) is 0.748. The average Bonchev–Trinajstić information content (AvgIpc) is 3.24. The van der Waals surface area contributed by atoms with Gasteiger partial charge in [0.15, 0.2) is 0 Å². The van der Waals surface area contributed by atoms with Crippen LogP contribution in [-0.2, 0) is 14.0 Å².